The maximum atomic E-state index is 2.46. The second-order valence-corrected chi connectivity index (χ2v) is 8.50. The van der Waals surface area contributed by atoms with Crippen LogP contribution in [0.4, 0.5) is 0 Å². The smallest absolute Gasteiger partial charge is 0.0260 e. The first-order chi connectivity index (χ1) is 9.74. The Morgan fingerprint density at radius 1 is 0.571 bits per heavy atom. The van der Waals surface area contributed by atoms with Crippen LogP contribution >= 0.6 is 0 Å². The highest BCUT2D eigenvalue weighted by molar-refractivity contribution is 4.84. The van der Waals surface area contributed by atoms with Crippen LogP contribution < -0.4 is 0 Å². The maximum absolute atomic E-state index is 2.46. The second-order valence-electron chi connectivity index (χ2n) is 8.50. The molecule has 0 fully saturated rings. The predicted molar refractivity (Wildman–Crippen MR) is 98.6 cm³/mol. The third-order valence-electron chi connectivity index (χ3n) is 4.58. The van der Waals surface area contributed by atoms with Gasteiger partial charge in [0, 0.05) is 0 Å². The Balaban J connectivity index is 3.98. The van der Waals surface area contributed by atoms with Crippen molar-refractivity contribution in [2.45, 2.75) is 87.5 Å². The summed E-state index contributed by atoms with van der Waals surface area (Å²) in [6.45, 7) is 18.9. The molecule has 0 N–H and O–H groups in total. The van der Waals surface area contributed by atoms with Crippen molar-refractivity contribution in [2.24, 2.45) is 35.5 Å². The van der Waals surface area contributed by atoms with E-state index in [1.807, 2.05) is 0 Å². The lowest BCUT2D eigenvalue weighted by atomic mass is 9.82. The van der Waals surface area contributed by atoms with Crippen LogP contribution in [0.3, 0.4) is 0 Å². The SMILES string of the molecule is C/C=C/C(C)CC(C)CC(C)CC(C)CC(C)CC(C)C. The van der Waals surface area contributed by atoms with Gasteiger partial charge in [-0.15, -0.1) is 0 Å². The van der Waals surface area contributed by atoms with Crippen LogP contribution in [-0.2, 0) is 0 Å². The molecule has 5 unspecified atom stereocenters. The summed E-state index contributed by atoms with van der Waals surface area (Å²) in [5, 5.41) is 0. The van der Waals surface area contributed by atoms with E-state index in [1.165, 1.54) is 32.1 Å². The monoisotopic (exact) mass is 294 g/mol. The van der Waals surface area contributed by atoms with Gasteiger partial charge >= 0.3 is 0 Å². The quantitative estimate of drug-likeness (QED) is 0.349. The van der Waals surface area contributed by atoms with E-state index in [9.17, 15) is 0 Å². The van der Waals surface area contributed by atoms with E-state index in [0.717, 1.165) is 35.5 Å². The molecule has 0 aliphatic heterocycles. The molecule has 0 saturated heterocycles. The molecule has 0 nitrogen and oxygen atoms in total. The van der Waals surface area contributed by atoms with Crippen molar-refractivity contribution < 1.29 is 0 Å². The molecule has 0 radical (unpaired) electrons. The molecule has 0 amide bonds. The van der Waals surface area contributed by atoms with Crippen LogP contribution in [0.15, 0.2) is 12.2 Å². The average molecular weight is 295 g/mol. The van der Waals surface area contributed by atoms with Crippen LogP contribution in [-0.4, -0.2) is 0 Å². The highest BCUT2D eigenvalue weighted by Gasteiger charge is 2.16. The largest absolute Gasteiger partial charge is 0.0914 e. The van der Waals surface area contributed by atoms with E-state index in [1.54, 1.807) is 0 Å². The van der Waals surface area contributed by atoms with E-state index in [4.69, 9.17) is 0 Å². The van der Waals surface area contributed by atoms with Crippen molar-refractivity contribution >= 4 is 0 Å². The minimum atomic E-state index is 0.737. The van der Waals surface area contributed by atoms with E-state index in [2.05, 4.69) is 67.5 Å². The minimum absolute atomic E-state index is 0.737. The van der Waals surface area contributed by atoms with Gasteiger partial charge in [-0.25, -0.2) is 0 Å². The van der Waals surface area contributed by atoms with Gasteiger partial charge in [0.25, 0.3) is 0 Å². The lowest BCUT2D eigenvalue weighted by molar-refractivity contribution is 0.281. The van der Waals surface area contributed by atoms with Crippen molar-refractivity contribution in [3.63, 3.8) is 0 Å². The second kappa shape index (κ2) is 11.3. The van der Waals surface area contributed by atoms with Crippen LogP contribution in [0.1, 0.15) is 87.5 Å². The first-order valence-corrected chi connectivity index (χ1v) is 9.37. The van der Waals surface area contributed by atoms with Gasteiger partial charge in [-0.05, 0) is 74.5 Å². The third-order valence-corrected chi connectivity index (χ3v) is 4.58. The van der Waals surface area contributed by atoms with Gasteiger partial charge in [0.15, 0.2) is 0 Å². The van der Waals surface area contributed by atoms with Gasteiger partial charge in [0.2, 0.25) is 0 Å². The highest BCUT2D eigenvalue weighted by atomic mass is 14.2. The molecule has 0 saturated carbocycles. The van der Waals surface area contributed by atoms with E-state index in [-0.39, 0.29) is 0 Å². The molecule has 5 atom stereocenters. The van der Waals surface area contributed by atoms with Crippen molar-refractivity contribution in [1.29, 1.82) is 0 Å². The molecule has 21 heavy (non-hydrogen) atoms. The fourth-order valence-electron chi connectivity index (χ4n) is 4.29. The van der Waals surface area contributed by atoms with Crippen LogP contribution in [0.2, 0.25) is 0 Å². The molecular weight excluding hydrogens is 252 g/mol. The first-order valence-electron chi connectivity index (χ1n) is 9.37. The molecular formula is C21H42. The van der Waals surface area contributed by atoms with Gasteiger partial charge in [-0.1, -0.05) is 60.6 Å². The zero-order valence-corrected chi connectivity index (χ0v) is 16.2. The zero-order valence-electron chi connectivity index (χ0n) is 16.2. The normalized spacial score (nSPS) is 19.7. The van der Waals surface area contributed by atoms with Gasteiger partial charge in [-0.3, -0.25) is 0 Å². The Kier molecular flexibility index (Phi) is 11.2. The molecule has 126 valence electrons. The first kappa shape index (κ1) is 20.7. The van der Waals surface area contributed by atoms with Gasteiger partial charge in [0.1, 0.15) is 0 Å². The van der Waals surface area contributed by atoms with Gasteiger partial charge in [-0.2, -0.15) is 0 Å². The molecule has 0 aliphatic rings. The topological polar surface area (TPSA) is 0 Å². The van der Waals surface area contributed by atoms with Crippen molar-refractivity contribution in [3.8, 4) is 0 Å². The van der Waals surface area contributed by atoms with E-state index >= 15 is 0 Å². The molecule has 0 heterocycles. The summed E-state index contributed by atoms with van der Waals surface area (Å²) in [5.74, 6) is 5.08. The van der Waals surface area contributed by atoms with Crippen LogP contribution in [0.25, 0.3) is 0 Å². The van der Waals surface area contributed by atoms with Gasteiger partial charge < -0.3 is 0 Å². The van der Waals surface area contributed by atoms with Gasteiger partial charge in [0.05, 0.1) is 0 Å². The standard InChI is InChI=1S/C21H42/c1-9-10-17(4)12-19(6)14-21(8)15-20(7)13-18(5)11-16(2)3/h9-10,16-21H,11-15H2,1-8H3/b10-9+. The molecule has 0 aliphatic carbocycles. The Hall–Kier alpha value is -0.260. The summed E-state index contributed by atoms with van der Waals surface area (Å²) < 4.78 is 0. The Labute approximate surface area is 135 Å². The number of rotatable bonds is 11. The number of hydrogen-bond acceptors (Lipinski definition) is 0. The molecule has 0 bridgehead atoms. The lowest BCUT2D eigenvalue weighted by Crippen LogP contribution is -2.12. The van der Waals surface area contributed by atoms with Crippen LogP contribution in [0, 0.1) is 35.5 Å². The fourth-order valence-corrected chi connectivity index (χ4v) is 4.29. The number of hydrogen-bond donors (Lipinski definition) is 0. The van der Waals surface area contributed by atoms with Crippen molar-refractivity contribution in [1.82, 2.24) is 0 Å². The average Bonchev–Trinajstić information content (AvgIpc) is 2.25. The molecule has 0 heteroatoms. The van der Waals surface area contributed by atoms with Crippen molar-refractivity contribution in [2.75, 3.05) is 0 Å². The van der Waals surface area contributed by atoms with E-state index in [0.29, 0.717) is 0 Å². The fraction of sp³-hybridized carbons (Fsp3) is 0.905. The number of allylic oxidation sites excluding steroid dienone is 2. The molecule has 0 rings (SSSR count). The molecule has 0 aromatic rings. The predicted octanol–water partition coefficient (Wildman–Crippen LogP) is 7.35. The molecule has 0 spiro atoms. The van der Waals surface area contributed by atoms with Crippen LogP contribution in [0.5, 0.6) is 0 Å². The summed E-state index contributed by atoms with van der Waals surface area (Å²) in [4.78, 5) is 0. The summed E-state index contributed by atoms with van der Waals surface area (Å²) in [7, 11) is 0. The summed E-state index contributed by atoms with van der Waals surface area (Å²) in [6, 6.07) is 0. The molecule has 0 aromatic carbocycles. The zero-order chi connectivity index (χ0) is 16.4. The Morgan fingerprint density at radius 2 is 0.952 bits per heavy atom. The van der Waals surface area contributed by atoms with E-state index < -0.39 is 0 Å². The summed E-state index contributed by atoms with van der Waals surface area (Å²) >= 11 is 0. The third kappa shape index (κ3) is 12.0. The Morgan fingerprint density at radius 3 is 1.33 bits per heavy atom. The van der Waals surface area contributed by atoms with Crippen molar-refractivity contribution in [3.05, 3.63) is 12.2 Å². The molecule has 0 aromatic heterocycles. The minimum Gasteiger partial charge on any atom is -0.0914 e. The Bertz CT molecular complexity index is 263. The lowest BCUT2D eigenvalue weighted by Gasteiger charge is -2.24. The highest BCUT2D eigenvalue weighted by Crippen LogP contribution is 2.28. The maximum Gasteiger partial charge on any atom is -0.0260 e. The summed E-state index contributed by atoms with van der Waals surface area (Å²) in [6.07, 6.45) is 11.5. The summed E-state index contributed by atoms with van der Waals surface area (Å²) in [5.41, 5.74) is 0.